The van der Waals surface area contributed by atoms with Crippen molar-refractivity contribution in [3.05, 3.63) is 29.6 Å². The summed E-state index contributed by atoms with van der Waals surface area (Å²) < 4.78 is 2.41. The van der Waals surface area contributed by atoms with Gasteiger partial charge < -0.3 is 4.57 Å². The Hall–Kier alpha value is -1.02. The van der Waals surface area contributed by atoms with E-state index in [0.717, 1.165) is 11.3 Å². The van der Waals surface area contributed by atoms with Crippen LogP contribution < -0.4 is 0 Å². The fourth-order valence-corrected chi connectivity index (χ4v) is 3.51. The van der Waals surface area contributed by atoms with Crippen molar-refractivity contribution < 1.29 is 0 Å². The van der Waals surface area contributed by atoms with Crippen LogP contribution in [0.2, 0.25) is 0 Å². The Balaban J connectivity index is 2.23. The summed E-state index contributed by atoms with van der Waals surface area (Å²) >= 11 is 6.36. The Morgan fingerprint density at radius 3 is 2.79 bits per heavy atom. The van der Waals surface area contributed by atoms with Crippen molar-refractivity contribution in [3.63, 3.8) is 0 Å². The second kappa shape index (κ2) is 4.82. The fraction of sp³-hybridized carbons (Fsp3) is 0.562. The van der Waals surface area contributed by atoms with E-state index in [0.29, 0.717) is 12.0 Å². The molecule has 0 aliphatic heterocycles. The summed E-state index contributed by atoms with van der Waals surface area (Å²) in [5.41, 5.74) is 3.61. The summed E-state index contributed by atoms with van der Waals surface area (Å²) in [4.78, 5) is 4.76. The lowest BCUT2D eigenvalue weighted by molar-refractivity contribution is 0.405. The van der Waals surface area contributed by atoms with Gasteiger partial charge in [-0.3, -0.25) is 0 Å². The van der Waals surface area contributed by atoms with Gasteiger partial charge in [-0.05, 0) is 50.3 Å². The quantitative estimate of drug-likeness (QED) is 0.705. The summed E-state index contributed by atoms with van der Waals surface area (Å²) in [7, 11) is 0. The maximum atomic E-state index is 6.36. The molecule has 102 valence electrons. The van der Waals surface area contributed by atoms with Gasteiger partial charge in [0.2, 0.25) is 0 Å². The van der Waals surface area contributed by atoms with Crippen LogP contribution in [0, 0.1) is 12.8 Å². The SMILES string of the molecule is Cc1ccc2nc(C(C)Cl)n(C3CCCC3C)c2c1. The van der Waals surface area contributed by atoms with Crippen LogP contribution >= 0.6 is 11.6 Å². The number of aryl methyl sites for hydroxylation is 1. The van der Waals surface area contributed by atoms with Crippen molar-refractivity contribution in [3.8, 4) is 0 Å². The van der Waals surface area contributed by atoms with E-state index in [1.807, 2.05) is 6.92 Å². The van der Waals surface area contributed by atoms with Gasteiger partial charge in [-0.1, -0.05) is 19.4 Å². The standard InChI is InChI=1S/C16H21ClN2/c1-10-7-8-13-15(9-10)19(16(18-13)12(3)17)14-6-4-5-11(14)2/h7-9,11-12,14H,4-6H2,1-3H3. The average Bonchev–Trinajstić information content (AvgIpc) is 2.92. The molecule has 3 rings (SSSR count). The van der Waals surface area contributed by atoms with E-state index in [1.165, 1.54) is 30.3 Å². The highest BCUT2D eigenvalue weighted by Gasteiger charge is 2.29. The number of halogens is 1. The van der Waals surface area contributed by atoms with Gasteiger partial charge >= 0.3 is 0 Å². The summed E-state index contributed by atoms with van der Waals surface area (Å²) in [5, 5.41) is -0.0412. The minimum atomic E-state index is -0.0412. The lowest BCUT2D eigenvalue weighted by atomic mass is 10.1. The molecule has 0 bridgehead atoms. The van der Waals surface area contributed by atoms with Crippen molar-refractivity contribution in [2.45, 2.75) is 51.5 Å². The highest BCUT2D eigenvalue weighted by molar-refractivity contribution is 6.20. The molecule has 3 unspecified atom stereocenters. The molecular formula is C16H21ClN2. The van der Waals surface area contributed by atoms with Crippen LogP contribution in [0.3, 0.4) is 0 Å². The molecule has 1 aliphatic carbocycles. The first-order valence-corrected chi connectivity index (χ1v) is 7.64. The third kappa shape index (κ3) is 2.16. The molecule has 0 saturated heterocycles. The number of rotatable bonds is 2. The smallest absolute Gasteiger partial charge is 0.127 e. The molecule has 0 amide bonds. The molecule has 0 radical (unpaired) electrons. The summed E-state index contributed by atoms with van der Waals surface area (Å²) in [5.74, 6) is 1.74. The topological polar surface area (TPSA) is 17.8 Å². The molecule has 1 fully saturated rings. The number of imidazole rings is 1. The van der Waals surface area contributed by atoms with Crippen LogP contribution in [-0.2, 0) is 0 Å². The van der Waals surface area contributed by atoms with Gasteiger partial charge in [0, 0.05) is 6.04 Å². The van der Waals surface area contributed by atoms with Crippen molar-refractivity contribution in [2.75, 3.05) is 0 Å². The molecule has 1 heterocycles. The molecule has 0 N–H and O–H groups in total. The van der Waals surface area contributed by atoms with Crippen LogP contribution in [0.5, 0.6) is 0 Å². The lowest BCUT2D eigenvalue weighted by Gasteiger charge is -2.22. The lowest BCUT2D eigenvalue weighted by Crippen LogP contribution is -2.15. The van der Waals surface area contributed by atoms with E-state index in [9.17, 15) is 0 Å². The van der Waals surface area contributed by atoms with E-state index in [-0.39, 0.29) is 5.38 Å². The van der Waals surface area contributed by atoms with Gasteiger partial charge in [0.25, 0.3) is 0 Å². The molecule has 1 aromatic heterocycles. The second-order valence-electron chi connectivity index (χ2n) is 5.92. The number of aromatic nitrogens is 2. The van der Waals surface area contributed by atoms with Crippen LogP contribution in [0.1, 0.15) is 55.9 Å². The molecule has 1 saturated carbocycles. The normalized spacial score (nSPS) is 25.1. The van der Waals surface area contributed by atoms with E-state index >= 15 is 0 Å². The van der Waals surface area contributed by atoms with Crippen molar-refractivity contribution in [1.82, 2.24) is 9.55 Å². The van der Waals surface area contributed by atoms with Crippen LogP contribution in [-0.4, -0.2) is 9.55 Å². The maximum Gasteiger partial charge on any atom is 0.127 e. The second-order valence-corrected chi connectivity index (χ2v) is 6.58. The predicted molar refractivity (Wildman–Crippen MR) is 80.8 cm³/mol. The summed E-state index contributed by atoms with van der Waals surface area (Å²) in [6, 6.07) is 7.04. The fourth-order valence-electron chi connectivity index (χ4n) is 3.36. The van der Waals surface area contributed by atoms with Gasteiger partial charge in [-0.2, -0.15) is 0 Å². The van der Waals surface area contributed by atoms with Crippen molar-refractivity contribution in [2.24, 2.45) is 5.92 Å². The Morgan fingerprint density at radius 2 is 2.16 bits per heavy atom. The Morgan fingerprint density at radius 1 is 1.37 bits per heavy atom. The summed E-state index contributed by atoms with van der Waals surface area (Å²) in [6.45, 7) is 6.51. The van der Waals surface area contributed by atoms with Crippen LogP contribution in [0.15, 0.2) is 18.2 Å². The number of alkyl halides is 1. The molecular weight excluding hydrogens is 256 g/mol. The Kier molecular flexibility index (Phi) is 3.30. The number of hydrogen-bond donors (Lipinski definition) is 0. The zero-order valence-corrected chi connectivity index (χ0v) is 12.6. The highest BCUT2D eigenvalue weighted by Crippen LogP contribution is 2.40. The van der Waals surface area contributed by atoms with Crippen molar-refractivity contribution >= 4 is 22.6 Å². The zero-order chi connectivity index (χ0) is 13.6. The summed E-state index contributed by atoms with van der Waals surface area (Å²) in [6.07, 6.45) is 3.87. The molecule has 1 aliphatic rings. The minimum absolute atomic E-state index is 0.0412. The zero-order valence-electron chi connectivity index (χ0n) is 11.9. The van der Waals surface area contributed by atoms with Gasteiger partial charge in [0.1, 0.15) is 5.82 Å². The first kappa shape index (κ1) is 13.0. The van der Waals surface area contributed by atoms with Crippen LogP contribution in [0.4, 0.5) is 0 Å². The average molecular weight is 277 g/mol. The largest absolute Gasteiger partial charge is 0.323 e. The number of nitrogens with zero attached hydrogens (tertiary/aromatic N) is 2. The third-order valence-corrected chi connectivity index (χ3v) is 4.57. The Labute approximate surface area is 119 Å². The number of benzene rings is 1. The molecule has 3 atom stereocenters. The van der Waals surface area contributed by atoms with E-state index in [1.54, 1.807) is 0 Å². The van der Waals surface area contributed by atoms with E-state index in [4.69, 9.17) is 16.6 Å². The maximum absolute atomic E-state index is 6.36. The molecule has 3 heteroatoms. The first-order valence-electron chi connectivity index (χ1n) is 7.20. The van der Waals surface area contributed by atoms with Crippen LogP contribution in [0.25, 0.3) is 11.0 Å². The van der Waals surface area contributed by atoms with Gasteiger partial charge in [-0.15, -0.1) is 11.6 Å². The molecule has 2 aromatic rings. The van der Waals surface area contributed by atoms with E-state index in [2.05, 4.69) is 36.6 Å². The van der Waals surface area contributed by atoms with Gasteiger partial charge in [0.05, 0.1) is 16.4 Å². The molecule has 0 spiro atoms. The third-order valence-electron chi connectivity index (χ3n) is 4.38. The molecule has 2 nitrogen and oxygen atoms in total. The monoisotopic (exact) mass is 276 g/mol. The highest BCUT2D eigenvalue weighted by atomic mass is 35.5. The molecule has 19 heavy (non-hydrogen) atoms. The van der Waals surface area contributed by atoms with E-state index < -0.39 is 0 Å². The minimum Gasteiger partial charge on any atom is -0.323 e. The molecule has 1 aromatic carbocycles. The first-order chi connectivity index (χ1) is 9.08. The number of hydrogen-bond acceptors (Lipinski definition) is 1. The predicted octanol–water partition coefficient (Wildman–Crippen LogP) is 5.01. The number of fused-ring (bicyclic) bond motifs is 1. The Bertz CT molecular complexity index is 600. The van der Waals surface area contributed by atoms with Crippen molar-refractivity contribution in [1.29, 1.82) is 0 Å². The van der Waals surface area contributed by atoms with Gasteiger partial charge in [0.15, 0.2) is 0 Å². The van der Waals surface area contributed by atoms with Gasteiger partial charge in [-0.25, -0.2) is 4.98 Å².